The van der Waals surface area contributed by atoms with Crippen molar-refractivity contribution in [3.63, 3.8) is 0 Å². The zero-order chi connectivity index (χ0) is 32.1. The quantitative estimate of drug-likeness (QED) is 0.401. The molecule has 1 N–H and O–H groups in total. The summed E-state index contributed by atoms with van der Waals surface area (Å²) in [6.45, 7) is 16.1. The number of rotatable bonds is 10. The van der Waals surface area contributed by atoms with Crippen LogP contribution in [0.15, 0.2) is 16.9 Å². The Hall–Kier alpha value is -3.64. The van der Waals surface area contributed by atoms with Gasteiger partial charge in [-0.2, -0.15) is 4.98 Å². The van der Waals surface area contributed by atoms with Gasteiger partial charge in [0.1, 0.15) is 5.60 Å². The van der Waals surface area contributed by atoms with E-state index in [4.69, 9.17) is 14.0 Å². The molecule has 0 radical (unpaired) electrons. The molecule has 248 valence electrons. The topological polar surface area (TPSA) is 139 Å². The number of likely N-dealkylation sites (tertiary alicyclic amines) is 1. The van der Waals surface area contributed by atoms with Crippen LogP contribution in [-0.2, 0) is 9.53 Å². The first-order chi connectivity index (χ1) is 21.5. The van der Waals surface area contributed by atoms with E-state index in [1.54, 1.807) is 12.4 Å². The molecule has 5 heterocycles. The fraction of sp³-hybridized carbons (Fsp3) is 0.750. The summed E-state index contributed by atoms with van der Waals surface area (Å²) in [5, 5.41) is 7.12. The zero-order valence-electron chi connectivity index (χ0n) is 27.7. The van der Waals surface area contributed by atoms with E-state index in [1.165, 1.54) is 0 Å². The largest absolute Gasteiger partial charge is 0.463 e. The number of aromatic nitrogens is 4. The highest BCUT2D eigenvalue weighted by molar-refractivity contribution is 5.78. The normalized spacial score (nSPS) is 22.2. The molecular weight excluding hydrogens is 576 g/mol. The minimum Gasteiger partial charge on any atom is -0.463 e. The van der Waals surface area contributed by atoms with Gasteiger partial charge in [-0.15, -0.1) is 0 Å². The summed E-state index contributed by atoms with van der Waals surface area (Å²) in [5.41, 5.74) is 0.221. The van der Waals surface area contributed by atoms with Crippen molar-refractivity contribution in [1.82, 2.24) is 30.3 Å². The second kappa shape index (κ2) is 14.2. The van der Waals surface area contributed by atoms with Crippen LogP contribution in [0.5, 0.6) is 6.01 Å². The van der Waals surface area contributed by atoms with E-state index < -0.39 is 11.7 Å². The number of alkyl carbamates (subject to hydrolysis) is 1. The number of ether oxygens (including phenoxy) is 2. The van der Waals surface area contributed by atoms with Gasteiger partial charge >= 0.3 is 18.1 Å². The van der Waals surface area contributed by atoms with Crippen LogP contribution in [0.3, 0.4) is 0 Å². The average molecular weight is 627 g/mol. The molecule has 13 nitrogen and oxygen atoms in total. The third-order valence-electron chi connectivity index (χ3n) is 9.10. The molecule has 2 amide bonds. The number of carbonyl (C=O) groups excluding carboxylic acids is 2. The minimum atomic E-state index is -0.605. The van der Waals surface area contributed by atoms with Crippen molar-refractivity contribution in [2.24, 2.45) is 11.8 Å². The Labute approximate surface area is 266 Å². The van der Waals surface area contributed by atoms with Crippen molar-refractivity contribution in [2.45, 2.75) is 104 Å². The molecule has 3 saturated heterocycles. The lowest BCUT2D eigenvalue weighted by Crippen LogP contribution is -2.54. The summed E-state index contributed by atoms with van der Waals surface area (Å²) in [6.07, 6.45) is 8.53. The highest BCUT2D eigenvalue weighted by atomic mass is 16.6. The van der Waals surface area contributed by atoms with Gasteiger partial charge in [0.25, 0.3) is 0 Å². The van der Waals surface area contributed by atoms with Gasteiger partial charge in [0.05, 0.1) is 36.8 Å². The first kappa shape index (κ1) is 32.7. The number of nitrogens with zero attached hydrogens (tertiary/aromatic N) is 7. The Morgan fingerprint density at radius 1 is 1.07 bits per heavy atom. The number of hydrogen-bond donors (Lipinski definition) is 1. The molecule has 2 aromatic heterocycles. The van der Waals surface area contributed by atoms with E-state index >= 15 is 0 Å². The van der Waals surface area contributed by atoms with Crippen LogP contribution < -0.4 is 19.9 Å². The number of nitrogens with one attached hydrogen (secondary N) is 1. The van der Waals surface area contributed by atoms with Crippen molar-refractivity contribution in [3.05, 3.63) is 18.2 Å². The SMILES string of the molecule is CC(C)c1noc(N2CCC([C@H](C)CCOc3ncc(N4C[C@H](NC(=O)OC(C)(C)C)[C@@H](N5CCCCC5=O)C4)cn3)CC2)n1. The second-order valence-corrected chi connectivity index (χ2v) is 14.0. The molecule has 3 aliphatic rings. The van der Waals surface area contributed by atoms with Gasteiger partial charge in [-0.3, -0.25) is 4.79 Å². The molecule has 0 aromatic carbocycles. The molecule has 3 atom stereocenters. The Kier molecular flexibility index (Phi) is 10.3. The third-order valence-corrected chi connectivity index (χ3v) is 9.10. The summed E-state index contributed by atoms with van der Waals surface area (Å²) in [4.78, 5) is 45.2. The van der Waals surface area contributed by atoms with Gasteiger partial charge < -0.3 is 34.0 Å². The van der Waals surface area contributed by atoms with Gasteiger partial charge in [0.15, 0.2) is 5.82 Å². The predicted octanol–water partition coefficient (Wildman–Crippen LogP) is 4.40. The number of carbonyl (C=O) groups is 2. The van der Waals surface area contributed by atoms with Crippen molar-refractivity contribution < 1.29 is 23.6 Å². The zero-order valence-corrected chi connectivity index (χ0v) is 27.7. The van der Waals surface area contributed by atoms with Crippen molar-refractivity contribution in [2.75, 3.05) is 49.1 Å². The van der Waals surface area contributed by atoms with Gasteiger partial charge in [-0.05, 0) is 64.7 Å². The van der Waals surface area contributed by atoms with E-state index in [-0.39, 0.29) is 23.9 Å². The highest BCUT2D eigenvalue weighted by Crippen LogP contribution is 2.30. The Morgan fingerprint density at radius 3 is 2.44 bits per heavy atom. The maximum Gasteiger partial charge on any atom is 0.408 e. The predicted molar refractivity (Wildman–Crippen MR) is 169 cm³/mol. The molecule has 0 aliphatic carbocycles. The van der Waals surface area contributed by atoms with Crippen LogP contribution in [-0.4, -0.2) is 94.0 Å². The van der Waals surface area contributed by atoms with Gasteiger partial charge in [0, 0.05) is 45.1 Å². The number of hydrogen-bond acceptors (Lipinski definition) is 11. The van der Waals surface area contributed by atoms with Gasteiger partial charge in [-0.25, -0.2) is 14.8 Å². The van der Waals surface area contributed by atoms with Crippen LogP contribution in [0.2, 0.25) is 0 Å². The molecule has 0 unspecified atom stereocenters. The average Bonchev–Trinajstić information content (AvgIpc) is 3.65. The smallest absolute Gasteiger partial charge is 0.408 e. The molecule has 13 heteroatoms. The number of anilines is 2. The van der Waals surface area contributed by atoms with Crippen LogP contribution in [0.25, 0.3) is 0 Å². The first-order valence-corrected chi connectivity index (χ1v) is 16.5. The molecule has 3 fully saturated rings. The summed E-state index contributed by atoms with van der Waals surface area (Å²) in [7, 11) is 0. The minimum absolute atomic E-state index is 0.135. The maximum absolute atomic E-state index is 12.8. The first-order valence-electron chi connectivity index (χ1n) is 16.5. The second-order valence-electron chi connectivity index (χ2n) is 14.0. The van der Waals surface area contributed by atoms with Crippen LogP contribution in [0.1, 0.15) is 91.8 Å². The number of piperidine rings is 2. The Bertz CT molecular complexity index is 1270. The fourth-order valence-electron chi connectivity index (χ4n) is 6.46. The lowest BCUT2D eigenvalue weighted by atomic mass is 9.84. The summed E-state index contributed by atoms with van der Waals surface area (Å²) < 4.78 is 16.9. The van der Waals surface area contributed by atoms with E-state index in [9.17, 15) is 9.59 Å². The van der Waals surface area contributed by atoms with E-state index in [2.05, 4.69) is 56.0 Å². The summed E-state index contributed by atoms with van der Waals surface area (Å²) in [6, 6.07) is 0.561. The fourth-order valence-corrected chi connectivity index (χ4v) is 6.46. The molecule has 3 aliphatic heterocycles. The molecule has 2 aromatic rings. The van der Waals surface area contributed by atoms with Crippen molar-refractivity contribution >= 4 is 23.7 Å². The maximum atomic E-state index is 12.8. The summed E-state index contributed by atoms with van der Waals surface area (Å²) in [5.74, 6) is 2.26. The molecule has 5 rings (SSSR count). The van der Waals surface area contributed by atoms with Gasteiger partial charge in [-0.1, -0.05) is 25.9 Å². The molecule has 0 bridgehead atoms. The third kappa shape index (κ3) is 8.55. The standard InChI is InChI=1S/C32H50N8O5/c1-21(2)28-36-30(45-37-28)38-14-10-23(11-15-38)22(3)12-16-43-29-33-17-24(18-34-29)39-19-25(35-31(42)44-32(4,5)6)26(20-39)40-13-8-7-9-27(40)41/h17-18,21-23,25-26H,7-16,19-20H2,1-6H3,(H,35,42)/t22-,25+,26+/m1/s1. The lowest BCUT2D eigenvalue weighted by Gasteiger charge is -2.35. The van der Waals surface area contributed by atoms with Crippen molar-refractivity contribution in [1.29, 1.82) is 0 Å². The lowest BCUT2D eigenvalue weighted by molar-refractivity contribution is -0.135. The molecular formula is C32H50N8O5. The van der Waals surface area contributed by atoms with Crippen molar-refractivity contribution in [3.8, 4) is 6.01 Å². The van der Waals surface area contributed by atoms with E-state index in [1.807, 2.05) is 25.7 Å². The summed E-state index contributed by atoms with van der Waals surface area (Å²) >= 11 is 0. The van der Waals surface area contributed by atoms with E-state index in [0.29, 0.717) is 56.5 Å². The monoisotopic (exact) mass is 626 g/mol. The van der Waals surface area contributed by atoms with Gasteiger partial charge in [0.2, 0.25) is 5.91 Å². The Morgan fingerprint density at radius 2 is 1.80 bits per heavy atom. The molecule has 0 saturated carbocycles. The van der Waals surface area contributed by atoms with Crippen LogP contribution in [0, 0.1) is 11.8 Å². The Balaban J connectivity index is 1.10. The number of amides is 2. The molecule has 45 heavy (non-hydrogen) atoms. The van der Waals surface area contributed by atoms with Crippen LogP contribution >= 0.6 is 0 Å². The highest BCUT2D eigenvalue weighted by Gasteiger charge is 2.41. The van der Waals surface area contributed by atoms with E-state index in [0.717, 1.165) is 56.7 Å². The van der Waals surface area contributed by atoms with Crippen LogP contribution in [0.4, 0.5) is 16.5 Å². The molecule has 0 spiro atoms.